The van der Waals surface area contributed by atoms with Crippen molar-refractivity contribution in [2.75, 3.05) is 6.54 Å². The van der Waals surface area contributed by atoms with E-state index < -0.39 is 0 Å². The van der Waals surface area contributed by atoms with Crippen LogP contribution in [0.1, 0.15) is 24.5 Å². The third-order valence-corrected chi connectivity index (χ3v) is 3.01. The summed E-state index contributed by atoms with van der Waals surface area (Å²) in [6.07, 6.45) is 4.60. The van der Waals surface area contributed by atoms with Crippen molar-refractivity contribution in [3.8, 4) is 0 Å². The second kappa shape index (κ2) is 4.71. The summed E-state index contributed by atoms with van der Waals surface area (Å²) < 4.78 is 2.28. The molecule has 2 N–H and O–H groups in total. The number of nitrogens with two attached hydrogens (primary N) is 1. The summed E-state index contributed by atoms with van der Waals surface area (Å²) in [6.45, 7) is 5.98. The van der Waals surface area contributed by atoms with Gasteiger partial charge in [0.05, 0.1) is 0 Å². The zero-order valence-electron chi connectivity index (χ0n) is 10.2. The Bertz CT molecular complexity index is 483. The van der Waals surface area contributed by atoms with E-state index in [2.05, 4.69) is 42.8 Å². The number of hydrogen-bond acceptors (Lipinski definition) is 1. The van der Waals surface area contributed by atoms with E-state index in [1.54, 1.807) is 0 Å². The Balaban J connectivity index is 2.56. The van der Waals surface area contributed by atoms with Crippen LogP contribution in [0.2, 0.25) is 0 Å². The van der Waals surface area contributed by atoms with E-state index in [-0.39, 0.29) is 0 Å². The predicted molar refractivity (Wildman–Crippen MR) is 69.7 cm³/mol. The van der Waals surface area contributed by atoms with E-state index in [0.29, 0.717) is 6.54 Å². The lowest BCUT2D eigenvalue weighted by molar-refractivity contribution is 0.730. The van der Waals surface area contributed by atoms with Crippen LogP contribution in [0.25, 0.3) is 10.9 Å². The Morgan fingerprint density at radius 1 is 1.31 bits per heavy atom. The Morgan fingerprint density at radius 2 is 2.12 bits per heavy atom. The van der Waals surface area contributed by atoms with Crippen LogP contribution in [-0.4, -0.2) is 11.1 Å². The van der Waals surface area contributed by atoms with Gasteiger partial charge >= 0.3 is 0 Å². The normalized spacial score (nSPS) is 11.2. The van der Waals surface area contributed by atoms with Crippen molar-refractivity contribution in [1.82, 2.24) is 4.57 Å². The highest BCUT2D eigenvalue weighted by molar-refractivity contribution is 5.84. The van der Waals surface area contributed by atoms with Gasteiger partial charge in [-0.25, -0.2) is 0 Å². The Labute approximate surface area is 97.1 Å². The molecule has 86 valence electrons. The summed E-state index contributed by atoms with van der Waals surface area (Å²) in [4.78, 5) is 0. The largest absolute Gasteiger partial charge is 0.346 e. The van der Waals surface area contributed by atoms with Crippen LogP contribution in [0.15, 0.2) is 24.4 Å². The molecule has 0 aliphatic carbocycles. The van der Waals surface area contributed by atoms with Gasteiger partial charge < -0.3 is 10.3 Å². The van der Waals surface area contributed by atoms with Gasteiger partial charge in [-0.3, -0.25) is 0 Å². The molecule has 0 unspecified atom stereocenters. The van der Waals surface area contributed by atoms with Crippen molar-refractivity contribution in [2.45, 2.75) is 33.2 Å². The van der Waals surface area contributed by atoms with Gasteiger partial charge in [0.2, 0.25) is 0 Å². The van der Waals surface area contributed by atoms with E-state index in [0.717, 1.165) is 13.0 Å². The number of aryl methyl sites for hydroxylation is 2. The second-order valence-electron chi connectivity index (χ2n) is 4.41. The summed E-state index contributed by atoms with van der Waals surface area (Å²) in [5.41, 5.74) is 9.75. The first-order chi connectivity index (χ1) is 7.76. The fourth-order valence-corrected chi connectivity index (χ4v) is 2.28. The summed E-state index contributed by atoms with van der Waals surface area (Å²) in [7, 11) is 0. The number of aromatic nitrogens is 1. The Morgan fingerprint density at radius 3 is 2.81 bits per heavy atom. The van der Waals surface area contributed by atoms with Gasteiger partial charge in [-0.05, 0) is 31.0 Å². The van der Waals surface area contributed by atoms with E-state index in [1.165, 1.54) is 28.5 Å². The zero-order valence-corrected chi connectivity index (χ0v) is 10.2. The highest BCUT2D eigenvalue weighted by Crippen LogP contribution is 2.23. The van der Waals surface area contributed by atoms with Gasteiger partial charge in [0.15, 0.2) is 0 Å². The van der Waals surface area contributed by atoms with Crippen LogP contribution in [0.4, 0.5) is 0 Å². The van der Waals surface area contributed by atoms with Crippen LogP contribution in [0.5, 0.6) is 0 Å². The smallest absolute Gasteiger partial charge is 0.0483 e. The van der Waals surface area contributed by atoms with Crippen LogP contribution in [0, 0.1) is 6.92 Å². The monoisotopic (exact) mass is 216 g/mol. The molecule has 0 atom stereocenters. The fraction of sp³-hybridized carbons (Fsp3) is 0.429. The van der Waals surface area contributed by atoms with Gasteiger partial charge in [0.25, 0.3) is 0 Å². The van der Waals surface area contributed by atoms with Crippen molar-refractivity contribution in [3.63, 3.8) is 0 Å². The van der Waals surface area contributed by atoms with Crippen molar-refractivity contribution < 1.29 is 0 Å². The molecule has 16 heavy (non-hydrogen) atoms. The molecule has 0 aliphatic rings. The molecule has 0 radical (unpaired) electrons. The number of hydrogen-bond donors (Lipinski definition) is 1. The number of fused-ring (bicyclic) bond motifs is 1. The molecule has 1 heterocycles. The average Bonchev–Trinajstić information content (AvgIpc) is 2.58. The minimum absolute atomic E-state index is 0.698. The number of nitrogens with zero attached hydrogens (tertiary/aromatic N) is 1. The third kappa shape index (κ3) is 1.98. The maximum absolute atomic E-state index is 5.64. The summed E-state index contributed by atoms with van der Waals surface area (Å²) in [5, 5.41) is 1.40. The highest BCUT2D eigenvalue weighted by Gasteiger charge is 2.07. The summed E-state index contributed by atoms with van der Waals surface area (Å²) in [6, 6.07) is 6.66. The minimum Gasteiger partial charge on any atom is -0.346 e. The lowest BCUT2D eigenvalue weighted by atomic mass is 10.1. The molecule has 2 rings (SSSR count). The fourth-order valence-electron chi connectivity index (χ4n) is 2.28. The SMILES string of the molecule is CCCc1cn(CCN)c2ccc(C)cc12. The molecule has 0 saturated carbocycles. The molecule has 0 bridgehead atoms. The Hall–Kier alpha value is -1.28. The van der Waals surface area contributed by atoms with Crippen molar-refractivity contribution >= 4 is 10.9 Å². The first kappa shape index (κ1) is 11.2. The topological polar surface area (TPSA) is 30.9 Å². The van der Waals surface area contributed by atoms with Crippen LogP contribution >= 0.6 is 0 Å². The molecule has 2 heteroatoms. The van der Waals surface area contributed by atoms with E-state index in [9.17, 15) is 0 Å². The quantitative estimate of drug-likeness (QED) is 0.837. The van der Waals surface area contributed by atoms with Gasteiger partial charge in [-0.15, -0.1) is 0 Å². The number of rotatable bonds is 4. The molecule has 0 fully saturated rings. The predicted octanol–water partition coefficient (Wildman–Crippen LogP) is 2.86. The first-order valence-electron chi connectivity index (χ1n) is 6.04. The maximum Gasteiger partial charge on any atom is 0.0483 e. The molecule has 2 aromatic rings. The van der Waals surface area contributed by atoms with E-state index in [1.807, 2.05) is 0 Å². The van der Waals surface area contributed by atoms with E-state index >= 15 is 0 Å². The zero-order chi connectivity index (χ0) is 11.5. The lowest BCUT2D eigenvalue weighted by Gasteiger charge is -2.02. The maximum atomic E-state index is 5.64. The summed E-state index contributed by atoms with van der Waals surface area (Å²) in [5.74, 6) is 0. The lowest BCUT2D eigenvalue weighted by Crippen LogP contribution is -2.08. The average molecular weight is 216 g/mol. The van der Waals surface area contributed by atoms with E-state index in [4.69, 9.17) is 5.73 Å². The van der Waals surface area contributed by atoms with Gasteiger partial charge in [0, 0.05) is 30.2 Å². The van der Waals surface area contributed by atoms with Gasteiger partial charge in [-0.2, -0.15) is 0 Å². The van der Waals surface area contributed by atoms with Crippen molar-refractivity contribution in [1.29, 1.82) is 0 Å². The highest BCUT2D eigenvalue weighted by atomic mass is 15.0. The second-order valence-corrected chi connectivity index (χ2v) is 4.41. The number of benzene rings is 1. The van der Waals surface area contributed by atoms with Crippen molar-refractivity contribution in [3.05, 3.63) is 35.5 Å². The van der Waals surface area contributed by atoms with Crippen LogP contribution < -0.4 is 5.73 Å². The third-order valence-electron chi connectivity index (χ3n) is 3.01. The minimum atomic E-state index is 0.698. The van der Waals surface area contributed by atoms with Crippen LogP contribution in [0.3, 0.4) is 0 Å². The van der Waals surface area contributed by atoms with Crippen LogP contribution in [-0.2, 0) is 13.0 Å². The van der Waals surface area contributed by atoms with Crippen molar-refractivity contribution in [2.24, 2.45) is 5.73 Å². The van der Waals surface area contributed by atoms with Gasteiger partial charge in [-0.1, -0.05) is 25.0 Å². The Kier molecular flexibility index (Phi) is 3.30. The molecular weight excluding hydrogens is 196 g/mol. The standard InChI is InChI=1S/C14H20N2/c1-3-4-12-10-16(8-7-15)14-6-5-11(2)9-13(12)14/h5-6,9-10H,3-4,7-8,15H2,1-2H3. The molecular formula is C14H20N2. The molecule has 0 amide bonds. The molecule has 0 aliphatic heterocycles. The molecule has 2 nitrogen and oxygen atoms in total. The first-order valence-corrected chi connectivity index (χ1v) is 6.04. The molecule has 0 saturated heterocycles. The van der Waals surface area contributed by atoms with Gasteiger partial charge in [0.1, 0.15) is 0 Å². The molecule has 1 aromatic carbocycles. The molecule has 1 aromatic heterocycles. The molecule has 0 spiro atoms. The summed E-state index contributed by atoms with van der Waals surface area (Å²) >= 11 is 0.